The lowest BCUT2D eigenvalue weighted by atomic mass is 9.99. The van der Waals surface area contributed by atoms with E-state index in [1.807, 2.05) is 23.1 Å². The fraction of sp³-hybridized carbons (Fsp3) is 0.222. The molecule has 0 aliphatic carbocycles. The summed E-state index contributed by atoms with van der Waals surface area (Å²) in [5.41, 5.74) is 2.00. The average Bonchev–Trinajstić information content (AvgIpc) is 3.05. The minimum atomic E-state index is -0.982. The number of carboxylic acid groups (broad SMARTS) is 1. The molecule has 3 rings (SSSR count). The molecule has 2 aromatic rings. The normalized spacial score (nSPS) is 17.5. The Morgan fingerprint density at radius 1 is 0.955 bits per heavy atom. The highest BCUT2D eigenvalue weighted by molar-refractivity contribution is 5.96. The first-order valence-corrected chi connectivity index (χ1v) is 7.33. The lowest BCUT2D eigenvalue weighted by molar-refractivity contribution is 0.0695. The average molecular weight is 295 g/mol. The number of rotatable bonds is 3. The summed E-state index contributed by atoms with van der Waals surface area (Å²) in [4.78, 5) is 25.2. The van der Waals surface area contributed by atoms with E-state index in [2.05, 4.69) is 12.1 Å². The van der Waals surface area contributed by atoms with Crippen LogP contribution in [-0.2, 0) is 0 Å². The van der Waals surface area contributed by atoms with Crippen molar-refractivity contribution in [2.45, 2.75) is 12.3 Å². The maximum absolute atomic E-state index is 12.5. The molecular formula is C18H17NO3. The summed E-state index contributed by atoms with van der Waals surface area (Å²) < 4.78 is 0. The topological polar surface area (TPSA) is 57.6 Å². The molecule has 4 heteroatoms. The van der Waals surface area contributed by atoms with Crippen molar-refractivity contribution in [2.24, 2.45) is 0 Å². The van der Waals surface area contributed by atoms with Crippen molar-refractivity contribution in [1.29, 1.82) is 0 Å². The van der Waals surface area contributed by atoms with Crippen LogP contribution in [0.5, 0.6) is 0 Å². The largest absolute Gasteiger partial charge is 0.478 e. The van der Waals surface area contributed by atoms with Gasteiger partial charge in [0.2, 0.25) is 0 Å². The summed E-state index contributed by atoms with van der Waals surface area (Å²) in [6.45, 7) is 1.45. The standard InChI is InChI=1S/C18H17NO3/c20-17(14-6-8-15(9-7-14)18(21)22)19-11-10-16(12-19)13-4-2-1-3-5-13/h1-9,16H,10-12H2,(H,21,22)/t16-/m0/s1. The van der Waals surface area contributed by atoms with Crippen LogP contribution >= 0.6 is 0 Å². The molecule has 0 saturated carbocycles. The Morgan fingerprint density at radius 2 is 1.59 bits per heavy atom. The first kappa shape index (κ1) is 14.3. The van der Waals surface area contributed by atoms with E-state index in [-0.39, 0.29) is 11.5 Å². The predicted octanol–water partition coefficient (Wildman–Crippen LogP) is 3.01. The quantitative estimate of drug-likeness (QED) is 0.947. The molecule has 1 aliphatic heterocycles. The SMILES string of the molecule is O=C(O)c1ccc(C(=O)N2CC[C@H](c3ccccc3)C2)cc1. The Labute approximate surface area is 129 Å². The molecule has 1 saturated heterocycles. The molecule has 1 N–H and O–H groups in total. The van der Waals surface area contributed by atoms with Crippen LogP contribution in [0.3, 0.4) is 0 Å². The maximum Gasteiger partial charge on any atom is 0.335 e. The van der Waals surface area contributed by atoms with Gasteiger partial charge in [0.15, 0.2) is 0 Å². The number of carbonyl (C=O) groups excluding carboxylic acids is 1. The highest BCUT2D eigenvalue weighted by Crippen LogP contribution is 2.27. The number of hydrogen-bond donors (Lipinski definition) is 1. The van der Waals surface area contributed by atoms with E-state index in [0.29, 0.717) is 18.0 Å². The molecule has 1 aliphatic rings. The third-order valence-electron chi connectivity index (χ3n) is 4.13. The number of hydrogen-bond acceptors (Lipinski definition) is 2. The van der Waals surface area contributed by atoms with Gasteiger partial charge in [-0.1, -0.05) is 30.3 Å². The van der Waals surface area contributed by atoms with Crippen molar-refractivity contribution in [3.05, 3.63) is 71.3 Å². The summed E-state index contributed by atoms with van der Waals surface area (Å²) >= 11 is 0. The number of aromatic carboxylic acids is 1. The third-order valence-corrected chi connectivity index (χ3v) is 4.13. The van der Waals surface area contributed by atoms with Crippen molar-refractivity contribution in [3.8, 4) is 0 Å². The Bertz CT molecular complexity index is 679. The summed E-state index contributed by atoms with van der Waals surface area (Å²) in [7, 11) is 0. The summed E-state index contributed by atoms with van der Waals surface area (Å²) in [5, 5.41) is 8.89. The molecule has 4 nitrogen and oxygen atoms in total. The highest BCUT2D eigenvalue weighted by Gasteiger charge is 2.27. The Hall–Kier alpha value is -2.62. The van der Waals surface area contributed by atoms with E-state index < -0.39 is 5.97 Å². The van der Waals surface area contributed by atoms with Gasteiger partial charge in [-0.15, -0.1) is 0 Å². The molecule has 1 fully saturated rings. The van der Waals surface area contributed by atoms with Crippen LogP contribution in [0.15, 0.2) is 54.6 Å². The van der Waals surface area contributed by atoms with Crippen LogP contribution < -0.4 is 0 Å². The van der Waals surface area contributed by atoms with Crippen molar-refractivity contribution in [1.82, 2.24) is 4.90 Å². The van der Waals surface area contributed by atoms with E-state index in [9.17, 15) is 9.59 Å². The number of nitrogens with zero attached hydrogens (tertiary/aromatic N) is 1. The molecule has 2 aromatic carbocycles. The van der Waals surface area contributed by atoms with Gasteiger partial charge in [0.25, 0.3) is 5.91 Å². The second kappa shape index (κ2) is 6.02. The van der Waals surface area contributed by atoms with Crippen LogP contribution in [0.25, 0.3) is 0 Å². The molecule has 0 unspecified atom stereocenters. The monoisotopic (exact) mass is 295 g/mol. The van der Waals surface area contributed by atoms with Crippen LogP contribution in [-0.4, -0.2) is 35.0 Å². The maximum atomic E-state index is 12.5. The number of benzene rings is 2. The van der Waals surface area contributed by atoms with E-state index in [1.54, 1.807) is 12.1 Å². The second-order valence-electron chi connectivity index (χ2n) is 5.53. The molecule has 112 valence electrons. The van der Waals surface area contributed by atoms with Gasteiger partial charge in [-0.2, -0.15) is 0 Å². The zero-order valence-electron chi connectivity index (χ0n) is 12.1. The molecule has 0 spiro atoms. The molecular weight excluding hydrogens is 278 g/mol. The van der Waals surface area contributed by atoms with E-state index >= 15 is 0 Å². The molecule has 0 radical (unpaired) electrons. The van der Waals surface area contributed by atoms with Crippen molar-refractivity contribution < 1.29 is 14.7 Å². The van der Waals surface area contributed by atoms with Gasteiger partial charge in [-0.25, -0.2) is 4.79 Å². The van der Waals surface area contributed by atoms with Crippen molar-refractivity contribution in [3.63, 3.8) is 0 Å². The molecule has 0 bridgehead atoms. The minimum Gasteiger partial charge on any atom is -0.478 e. The summed E-state index contributed by atoms with van der Waals surface area (Å²) in [5.74, 6) is -0.636. The summed E-state index contributed by atoms with van der Waals surface area (Å²) in [6.07, 6.45) is 0.961. The zero-order chi connectivity index (χ0) is 15.5. The van der Waals surface area contributed by atoms with Crippen molar-refractivity contribution >= 4 is 11.9 Å². The molecule has 1 atom stereocenters. The smallest absolute Gasteiger partial charge is 0.335 e. The van der Waals surface area contributed by atoms with Gasteiger partial charge in [0.05, 0.1) is 5.56 Å². The Morgan fingerprint density at radius 3 is 2.23 bits per heavy atom. The predicted molar refractivity (Wildman–Crippen MR) is 83.1 cm³/mol. The van der Waals surface area contributed by atoms with Gasteiger partial charge in [0.1, 0.15) is 0 Å². The third kappa shape index (κ3) is 2.86. The number of carboxylic acids is 1. The van der Waals surface area contributed by atoms with Crippen LogP contribution in [0.4, 0.5) is 0 Å². The lowest BCUT2D eigenvalue weighted by Gasteiger charge is -2.17. The first-order chi connectivity index (χ1) is 10.6. The van der Waals surface area contributed by atoms with Gasteiger partial charge >= 0.3 is 5.97 Å². The number of carbonyl (C=O) groups is 2. The van der Waals surface area contributed by atoms with Gasteiger partial charge in [-0.3, -0.25) is 4.79 Å². The Kier molecular flexibility index (Phi) is 3.92. The van der Waals surface area contributed by atoms with Crippen LogP contribution in [0, 0.1) is 0 Å². The van der Waals surface area contributed by atoms with Gasteiger partial charge in [-0.05, 0) is 36.2 Å². The number of likely N-dealkylation sites (tertiary alicyclic amines) is 1. The Balaban J connectivity index is 1.70. The van der Waals surface area contributed by atoms with E-state index in [0.717, 1.165) is 13.0 Å². The summed E-state index contributed by atoms with van der Waals surface area (Å²) in [6, 6.07) is 16.3. The van der Waals surface area contributed by atoms with E-state index in [1.165, 1.54) is 17.7 Å². The zero-order valence-corrected chi connectivity index (χ0v) is 12.1. The minimum absolute atomic E-state index is 0.0321. The fourth-order valence-corrected chi connectivity index (χ4v) is 2.88. The molecule has 1 heterocycles. The first-order valence-electron chi connectivity index (χ1n) is 7.33. The fourth-order valence-electron chi connectivity index (χ4n) is 2.88. The molecule has 0 aromatic heterocycles. The molecule has 1 amide bonds. The van der Waals surface area contributed by atoms with Gasteiger partial charge < -0.3 is 10.0 Å². The number of amides is 1. The van der Waals surface area contributed by atoms with Crippen molar-refractivity contribution in [2.75, 3.05) is 13.1 Å². The highest BCUT2D eigenvalue weighted by atomic mass is 16.4. The van der Waals surface area contributed by atoms with Crippen LogP contribution in [0.1, 0.15) is 38.6 Å². The van der Waals surface area contributed by atoms with Crippen LogP contribution in [0.2, 0.25) is 0 Å². The van der Waals surface area contributed by atoms with E-state index in [4.69, 9.17) is 5.11 Å². The lowest BCUT2D eigenvalue weighted by Crippen LogP contribution is -2.28. The second-order valence-corrected chi connectivity index (χ2v) is 5.53. The van der Waals surface area contributed by atoms with Gasteiger partial charge in [0, 0.05) is 24.6 Å². The molecule has 22 heavy (non-hydrogen) atoms.